The van der Waals surface area contributed by atoms with Crippen molar-refractivity contribution < 1.29 is 0 Å². The Hall–Kier alpha value is 0.240. The Balaban J connectivity index is 2.64. The van der Waals surface area contributed by atoms with E-state index < -0.39 is 0 Å². The van der Waals surface area contributed by atoms with Gasteiger partial charge >= 0.3 is 0 Å². The number of hydrogen-bond donors (Lipinski definition) is 1. The minimum absolute atomic E-state index is 0.359. The molecular weight excluding hydrogens is 273 g/mol. The Morgan fingerprint density at radius 1 is 1.24 bits per heavy atom. The summed E-state index contributed by atoms with van der Waals surface area (Å²) in [6.45, 7) is 5.43. The van der Waals surface area contributed by atoms with Crippen LogP contribution in [-0.4, -0.2) is 6.54 Å². The van der Waals surface area contributed by atoms with Gasteiger partial charge in [0.1, 0.15) is 0 Å². The maximum absolute atomic E-state index is 6.23. The first kappa shape index (κ1) is 15.3. The standard InChI is InChI=1S/C13H21Cl2NS/c1-3-5-6-7-11(16-8-4-2)10-9-12(14)17-13(10)15/h9,11,16H,3-8H2,1-2H3. The van der Waals surface area contributed by atoms with E-state index in [2.05, 4.69) is 19.2 Å². The summed E-state index contributed by atoms with van der Waals surface area (Å²) in [6.07, 6.45) is 6.04. The molecule has 0 saturated heterocycles. The molecule has 0 aliphatic carbocycles. The van der Waals surface area contributed by atoms with Crippen LogP contribution in [0, 0.1) is 0 Å². The first-order valence-electron chi connectivity index (χ1n) is 6.37. The minimum atomic E-state index is 0.359. The predicted molar refractivity (Wildman–Crippen MR) is 79.5 cm³/mol. The zero-order valence-electron chi connectivity index (χ0n) is 10.6. The van der Waals surface area contributed by atoms with E-state index in [1.807, 2.05) is 6.07 Å². The Kier molecular flexibility index (Phi) is 7.52. The number of thiophene rings is 1. The third kappa shape index (κ3) is 5.17. The topological polar surface area (TPSA) is 12.0 Å². The van der Waals surface area contributed by atoms with Gasteiger partial charge in [-0.15, -0.1) is 11.3 Å². The van der Waals surface area contributed by atoms with E-state index >= 15 is 0 Å². The average molecular weight is 294 g/mol. The van der Waals surface area contributed by atoms with Crippen LogP contribution in [0.15, 0.2) is 6.07 Å². The Bertz CT molecular complexity index is 325. The van der Waals surface area contributed by atoms with Crippen molar-refractivity contribution in [2.24, 2.45) is 0 Å². The molecule has 98 valence electrons. The molecule has 0 fully saturated rings. The summed E-state index contributed by atoms with van der Waals surface area (Å²) in [5.74, 6) is 0. The second-order valence-electron chi connectivity index (χ2n) is 4.28. The van der Waals surface area contributed by atoms with Crippen LogP contribution in [0.1, 0.15) is 57.6 Å². The van der Waals surface area contributed by atoms with Gasteiger partial charge in [-0.1, -0.05) is 56.3 Å². The van der Waals surface area contributed by atoms with Crippen molar-refractivity contribution in [1.29, 1.82) is 0 Å². The van der Waals surface area contributed by atoms with Gasteiger partial charge in [-0.3, -0.25) is 0 Å². The van der Waals surface area contributed by atoms with E-state index in [4.69, 9.17) is 23.2 Å². The molecule has 1 heterocycles. The van der Waals surface area contributed by atoms with Gasteiger partial charge in [-0.05, 0) is 25.5 Å². The average Bonchev–Trinajstić information content (AvgIpc) is 2.63. The van der Waals surface area contributed by atoms with E-state index in [9.17, 15) is 0 Å². The van der Waals surface area contributed by atoms with Gasteiger partial charge in [0.25, 0.3) is 0 Å². The third-order valence-corrected chi connectivity index (χ3v) is 4.31. The molecular formula is C13H21Cl2NS. The van der Waals surface area contributed by atoms with Crippen molar-refractivity contribution in [3.63, 3.8) is 0 Å². The highest BCUT2D eigenvalue weighted by atomic mass is 35.5. The molecule has 1 nitrogen and oxygen atoms in total. The minimum Gasteiger partial charge on any atom is -0.310 e. The fourth-order valence-corrected chi connectivity index (χ4v) is 3.45. The van der Waals surface area contributed by atoms with Crippen molar-refractivity contribution in [2.75, 3.05) is 6.54 Å². The third-order valence-electron chi connectivity index (χ3n) is 2.80. The molecule has 1 N–H and O–H groups in total. The first-order chi connectivity index (χ1) is 8.19. The van der Waals surface area contributed by atoms with Crippen molar-refractivity contribution in [2.45, 2.75) is 52.0 Å². The van der Waals surface area contributed by atoms with Crippen LogP contribution < -0.4 is 5.32 Å². The van der Waals surface area contributed by atoms with Gasteiger partial charge in [0.2, 0.25) is 0 Å². The van der Waals surface area contributed by atoms with E-state index in [0.717, 1.165) is 28.1 Å². The summed E-state index contributed by atoms with van der Waals surface area (Å²) >= 11 is 13.7. The van der Waals surface area contributed by atoms with Crippen LogP contribution in [0.4, 0.5) is 0 Å². The highest BCUT2D eigenvalue weighted by Gasteiger charge is 2.16. The predicted octanol–water partition coefficient (Wildman–Crippen LogP) is 5.68. The van der Waals surface area contributed by atoms with Gasteiger partial charge in [0.15, 0.2) is 0 Å². The highest BCUT2D eigenvalue weighted by molar-refractivity contribution is 7.20. The molecule has 0 spiro atoms. The lowest BCUT2D eigenvalue weighted by molar-refractivity contribution is 0.475. The Morgan fingerprint density at radius 2 is 2.00 bits per heavy atom. The maximum atomic E-state index is 6.23. The number of rotatable bonds is 8. The molecule has 0 saturated carbocycles. The molecule has 4 heteroatoms. The molecule has 1 aromatic heterocycles. The van der Waals surface area contributed by atoms with Crippen LogP contribution in [0.25, 0.3) is 0 Å². The number of nitrogens with one attached hydrogen (secondary N) is 1. The fourth-order valence-electron chi connectivity index (χ4n) is 1.88. The van der Waals surface area contributed by atoms with Crippen molar-refractivity contribution in [3.05, 3.63) is 20.3 Å². The summed E-state index contributed by atoms with van der Waals surface area (Å²) in [5, 5.41) is 3.56. The van der Waals surface area contributed by atoms with E-state index in [1.165, 1.54) is 36.2 Å². The zero-order chi connectivity index (χ0) is 12.7. The smallest absolute Gasteiger partial charge is 0.0991 e. The molecule has 0 bridgehead atoms. The Morgan fingerprint density at radius 3 is 2.53 bits per heavy atom. The highest BCUT2D eigenvalue weighted by Crippen LogP contribution is 2.36. The molecule has 1 rings (SSSR count). The lowest BCUT2D eigenvalue weighted by Crippen LogP contribution is -2.21. The van der Waals surface area contributed by atoms with Crippen LogP contribution >= 0.6 is 34.5 Å². The molecule has 17 heavy (non-hydrogen) atoms. The maximum Gasteiger partial charge on any atom is 0.0991 e. The largest absolute Gasteiger partial charge is 0.310 e. The fraction of sp³-hybridized carbons (Fsp3) is 0.692. The molecule has 0 aliphatic rings. The SMILES string of the molecule is CCCCCC(NCCC)c1cc(Cl)sc1Cl. The summed E-state index contributed by atoms with van der Waals surface area (Å²) in [4.78, 5) is 0. The van der Waals surface area contributed by atoms with Gasteiger partial charge in [0.05, 0.1) is 8.67 Å². The van der Waals surface area contributed by atoms with Crippen LogP contribution in [0.5, 0.6) is 0 Å². The summed E-state index contributed by atoms with van der Waals surface area (Å²) < 4.78 is 1.61. The molecule has 1 aromatic rings. The van der Waals surface area contributed by atoms with E-state index in [0.29, 0.717) is 6.04 Å². The van der Waals surface area contributed by atoms with E-state index in [-0.39, 0.29) is 0 Å². The number of halogens is 2. The summed E-state index contributed by atoms with van der Waals surface area (Å²) in [7, 11) is 0. The van der Waals surface area contributed by atoms with Gasteiger partial charge in [-0.2, -0.15) is 0 Å². The number of unbranched alkanes of at least 4 members (excludes halogenated alkanes) is 2. The second-order valence-corrected chi connectivity index (χ2v) is 6.57. The van der Waals surface area contributed by atoms with Gasteiger partial charge < -0.3 is 5.32 Å². The zero-order valence-corrected chi connectivity index (χ0v) is 12.9. The lowest BCUT2D eigenvalue weighted by atomic mass is 10.0. The number of hydrogen-bond acceptors (Lipinski definition) is 2. The summed E-state index contributed by atoms with van der Waals surface area (Å²) in [5.41, 5.74) is 1.17. The van der Waals surface area contributed by atoms with Crippen molar-refractivity contribution >= 4 is 34.5 Å². The first-order valence-corrected chi connectivity index (χ1v) is 7.94. The lowest BCUT2D eigenvalue weighted by Gasteiger charge is -2.18. The summed E-state index contributed by atoms with van der Waals surface area (Å²) in [6, 6.07) is 2.37. The monoisotopic (exact) mass is 293 g/mol. The Labute approximate surface area is 119 Å². The van der Waals surface area contributed by atoms with Crippen LogP contribution in [-0.2, 0) is 0 Å². The molecule has 1 unspecified atom stereocenters. The normalized spacial score (nSPS) is 12.9. The van der Waals surface area contributed by atoms with Gasteiger partial charge in [-0.25, -0.2) is 0 Å². The van der Waals surface area contributed by atoms with E-state index in [1.54, 1.807) is 0 Å². The molecule has 1 atom stereocenters. The molecule has 0 radical (unpaired) electrons. The molecule has 0 amide bonds. The van der Waals surface area contributed by atoms with Crippen molar-refractivity contribution in [3.8, 4) is 0 Å². The van der Waals surface area contributed by atoms with Gasteiger partial charge in [0, 0.05) is 11.6 Å². The van der Waals surface area contributed by atoms with Crippen LogP contribution in [0.3, 0.4) is 0 Å². The second kappa shape index (κ2) is 8.36. The van der Waals surface area contributed by atoms with Crippen LogP contribution in [0.2, 0.25) is 8.67 Å². The molecule has 0 aliphatic heterocycles. The van der Waals surface area contributed by atoms with Crippen molar-refractivity contribution in [1.82, 2.24) is 5.32 Å². The quantitative estimate of drug-likeness (QED) is 0.608. The molecule has 0 aromatic carbocycles.